The van der Waals surface area contributed by atoms with Gasteiger partial charge in [0.25, 0.3) is 5.91 Å². The second-order valence-electron chi connectivity index (χ2n) is 4.60. The molecular weight excluding hydrogens is 282 g/mol. The Labute approximate surface area is 129 Å². The van der Waals surface area contributed by atoms with E-state index in [4.69, 9.17) is 15.2 Å². The van der Waals surface area contributed by atoms with Gasteiger partial charge in [0.15, 0.2) is 0 Å². The largest absolute Gasteiger partial charge is 0.497 e. The number of nitrogens with zero attached hydrogens (tertiary/aromatic N) is 1. The Hall–Kier alpha value is -2.60. The first-order valence-corrected chi connectivity index (χ1v) is 6.82. The Morgan fingerprint density at radius 3 is 2.73 bits per heavy atom. The van der Waals surface area contributed by atoms with E-state index in [1.807, 2.05) is 6.07 Å². The highest BCUT2D eigenvalue weighted by Crippen LogP contribution is 2.23. The summed E-state index contributed by atoms with van der Waals surface area (Å²) in [6.45, 7) is 0.629. The van der Waals surface area contributed by atoms with Crippen LogP contribution in [0.1, 0.15) is 21.6 Å². The van der Waals surface area contributed by atoms with Crippen LogP contribution in [0.15, 0.2) is 36.5 Å². The van der Waals surface area contributed by atoms with Crippen molar-refractivity contribution in [1.82, 2.24) is 10.3 Å². The van der Waals surface area contributed by atoms with Gasteiger partial charge in [-0.3, -0.25) is 9.78 Å². The van der Waals surface area contributed by atoms with Crippen molar-refractivity contribution >= 4 is 5.91 Å². The maximum atomic E-state index is 12.2. The van der Waals surface area contributed by atoms with Gasteiger partial charge in [0.2, 0.25) is 0 Å². The van der Waals surface area contributed by atoms with E-state index >= 15 is 0 Å². The fourth-order valence-corrected chi connectivity index (χ4v) is 2.03. The van der Waals surface area contributed by atoms with E-state index in [2.05, 4.69) is 10.3 Å². The van der Waals surface area contributed by atoms with E-state index in [9.17, 15) is 4.79 Å². The molecule has 3 N–H and O–H groups in total. The van der Waals surface area contributed by atoms with Crippen molar-refractivity contribution < 1.29 is 14.3 Å². The van der Waals surface area contributed by atoms with Crippen molar-refractivity contribution in [3.05, 3.63) is 53.3 Å². The Kier molecular flexibility index (Phi) is 5.32. The van der Waals surface area contributed by atoms with Gasteiger partial charge in [0.1, 0.15) is 11.5 Å². The minimum Gasteiger partial charge on any atom is -0.497 e. The number of hydrogen-bond donors (Lipinski definition) is 2. The van der Waals surface area contributed by atoms with Gasteiger partial charge in [0.05, 0.1) is 19.9 Å². The number of amides is 1. The highest BCUT2D eigenvalue weighted by atomic mass is 16.5. The first-order valence-electron chi connectivity index (χ1n) is 6.82. The Morgan fingerprint density at radius 1 is 1.23 bits per heavy atom. The number of carbonyl (C=O) groups is 1. The first kappa shape index (κ1) is 15.8. The standard InChI is InChI=1S/C16H19N3O3/c1-21-14-3-4-15(22-2)12(8-14)10-19-16(20)11-5-6-18-13(7-11)9-17/h3-8H,9-10,17H2,1-2H3,(H,19,20). The van der Waals surface area contributed by atoms with E-state index in [1.165, 1.54) is 0 Å². The average Bonchev–Trinajstić information content (AvgIpc) is 2.59. The van der Waals surface area contributed by atoms with Crippen LogP contribution in [0.3, 0.4) is 0 Å². The molecule has 1 aromatic heterocycles. The molecule has 1 aromatic carbocycles. The lowest BCUT2D eigenvalue weighted by molar-refractivity contribution is 0.0950. The van der Waals surface area contributed by atoms with Crippen molar-refractivity contribution in [3.8, 4) is 11.5 Å². The first-order chi connectivity index (χ1) is 10.7. The number of carbonyl (C=O) groups excluding carboxylic acids is 1. The smallest absolute Gasteiger partial charge is 0.251 e. The van der Waals surface area contributed by atoms with Gasteiger partial charge in [-0.25, -0.2) is 0 Å². The molecule has 1 heterocycles. The van der Waals surface area contributed by atoms with E-state index < -0.39 is 0 Å². The molecule has 116 valence electrons. The summed E-state index contributed by atoms with van der Waals surface area (Å²) in [6.07, 6.45) is 1.57. The van der Waals surface area contributed by atoms with Crippen LogP contribution in [0.25, 0.3) is 0 Å². The maximum Gasteiger partial charge on any atom is 0.251 e. The summed E-state index contributed by atoms with van der Waals surface area (Å²) >= 11 is 0. The van der Waals surface area contributed by atoms with Gasteiger partial charge in [-0.1, -0.05) is 0 Å². The number of hydrogen-bond acceptors (Lipinski definition) is 5. The third-order valence-corrected chi connectivity index (χ3v) is 3.21. The maximum absolute atomic E-state index is 12.2. The molecule has 6 nitrogen and oxygen atoms in total. The molecule has 2 aromatic rings. The lowest BCUT2D eigenvalue weighted by atomic mass is 10.1. The lowest BCUT2D eigenvalue weighted by Crippen LogP contribution is -2.23. The highest BCUT2D eigenvalue weighted by Gasteiger charge is 2.09. The third kappa shape index (κ3) is 3.73. The lowest BCUT2D eigenvalue weighted by Gasteiger charge is -2.11. The van der Waals surface area contributed by atoms with Gasteiger partial charge in [-0.2, -0.15) is 0 Å². The third-order valence-electron chi connectivity index (χ3n) is 3.21. The second-order valence-corrected chi connectivity index (χ2v) is 4.60. The van der Waals surface area contributed by atoms with Crippen LogP contribution < -0.4 is 20.5 Å². The summed E-state index contributed by atoms with van der Waals surface area (Å²) in [5.41, 5.74) is 7.56. The van der Waals surface area contributed by atoms with E-state index in [-0.39, 0.29) is 5.91 Å². The van der Waals surface area contributed by atoms with E-state index in [0.717, 1.165) is 5.56 Å². The minimum absolute atomic E-state index is 0.193. The minimum atomic E-state index is -0.193. The summed E-state index contributed by atoms with van der Waals surface area (Å²) in [4.78, 5) is 16.3. The summed E-state index contributed by atoms with van der Waals surface area (Å²) < 4.78 is 10.5. The summed E-state index contributed by atoms with van der Waals surface area (Å²) in [6, 6.07) is 8.77. The topological polar surface area (TPSA) is 86.5 Å². The van der Waals surface area contributed by atoms with Crippen molar-refractivity contribution in [3.63, 3.8) is 0 Å². The molecule has 22 heavy (non-hydrogen) atoms. The molecule has 0 unspecified atom stereocenters. The van der Waals surface area contributed by atoms with Gasteiger partial charge in [-0.15, -0.1) is 0 Å². The quantitative estimate of drug-likeness (QED) is 0.844. The molecule has 2 rings (SSSR count). The van der Waals surface area contributed by atoms with Crippen molar-refractivity contribution in [2.45, 2.75) is 13.1 Å². The predicted molar refractivity (Wildman–Crippen MR) is 82.8 cm³/mol. The zero-order chi connectivity index (χ0) is 15.9. The average molecular weight is 301 g/mol. The van der Waals surface area contributed by atoms with Gasteiger partial charge < -0.3 is 20.5 Å². The molecule has 0 atom stereocenters. The van der Waals surface area contributed by atoms with Crippen molar-refractivity contribution in [2.24, 2.45) is 5.73 Å². The Morgan fingerprint density at radius 2 is 2.05 bits per heavy atom. The predicted octanol–water partition coefficient (Wildman–Crippen LogP) is 1.49. The number of methoxy groups -OCH3 is 2. The molecule has 0 radical (unpaired) electrons. The van der Waals surface area contributed by atoms with Crippen LogP contribution in [0.2, 0.25) is 0 Å². The molecule has 0 aliphatic rings. The molecule has 0 bridgehead atoms. The van der Waals surface area contributed by atoms with Crippen molar-refractivity contribution in [1.29, 1.82) is 0 Å². The summed E-state index contributed by atoms with van der Waals surface area (Å²) in [5.74, 6) is 1.21. The summed E-state index contributed by atoms with van der Waals surface area (Å²) in [7, 11) is 3.18. The number of nitrogens with one attached hydrogen (secondary N) is 1. The fourth-order valence-electron chi connectivity index (χ4n) is 2.03. The molecule has 0 aliphatic carbocycles. The molecule has 0 saturated carbocycles. The number of aromatic nitrogens is 1. The molecule has 0 spiro atoms. The van der Waals surface area contributed by atoms with Crippen LogP contribution >= 0.6 is 0 Å². The Bertz CT molecular complexity index is 659. The van der Waals surface area contributed by atoms with Gasteiger partial charge in [0, 0.05) is 30.4 Å². The number of nitrogens with two attached hydrogens (primary N) is 1. The summed E-state index contributed by atoms with van der Waals surface area (Å²) in [5, 5.41) is 2.85. The Balaban J connectivity index is 2.10. The van der Waals surface area contributed by atoms with Gasteiger partial charge in [-0.05, 0) is 30.3 Å². The van der Waals surface area contributed by atoms with Crippen LogP contribution in [0.5, 0.6) is 11.5 Å². The highest BCUT2D eigenvalue weighted by molar-refractivity contribution is 5.94. The SMILES string of the molecule is COc1ccc(OC)c(CNC(=O)c2ccnc(CN)c2)c1. The zero-order valence-electron chi connectivity index (χ0n) is 12.6. The van der Waals surface area contributed by atoms with Crippen LogP contribution in [-0.4, -0.2) is 25.1 Å². The van der Waals surface area contributed by atoms with Crippen LogP contribution in [0.4, 0.5) is 0 Å². The normalized spacial score (nSPS) is 10.1. The second kappa shape index (κ2) is 7.42. The number of ether oxygens (including phenoxy) is 2. The molecule has 0 aliphatic heterocycles. The molecule has 1 amide bonds. The van der Waals surface area contributed by atoms with Crippen LogP contribution in [0, 0.1) is 0 Å². The number of benzene rings is 1. The molecule has 0 saturated heterocycles. The van der Waals surface area contributed by atoms with Crippen LogP contribution in [-0.2, 0) is 13.1 Å². The fraction of sp³-hybridized carbons (Fsp3) is 0.250. The number of rotatable bonds is 6. The molecule has 0 fully saturated rings. The monoisotopic (exact) mass is 301 g/mol. The molecule has 6 heteroatoms. The van der Waals surface area contributed by atoms with Gasteiger partial charge >= 0.3 is 0 Å². The van der Waals surface area contributed by atoms with E-state index in [0.29, 0.717) is 35.8 Å². The number of pyridine rings is 1. The van der Waals surface area contributed by atoms with Crippen molar-refractivity contribution in [2.75, 3.05) is 14.2 Å². The molecular formula is C16H19N3O3. The zero-order valence-corrected chi connectivity index (χ0v) is 12.6. The van der Waals surface area contributed by atoms with E-state index in [1.54, 1.807) is 44.7 Å².